The van der Waals surface area contributed by atoms with E-state index in [9.17, 15) is 14.0 Å². The van der Waals surface area contributed by atoms with Crippen molar-refractivity contribution in [1.82, 2.24) is 0 Å². The van der Waals surface area contributed by atoms with Crippen LogP contribution in [0.25, 0.3) is 0 Å². The van der Waals surface area contributed by atoms with Crippen LogP contribution in [0.4, 0.5) is 10.1 Å². The first-order valence-electron chi connectivity index (χ1n) is 6.53. The van der Waals surface area contributed by atoms with E-state index in [0.717, 1.165) is 18.9 Å². The Hall–Kier alpha value is -2.11. The van der Waals surface area contributed by atoms with Gasteiger partial charge < -0.3 is 15.7 Å². The van der Waals surface area contributed by atoms with E-state index in [1.54, 1.807) is 6.07 Å². The standard InChI is InChI=1S/C14H17FN2O3/c15-10-1-2-12(11(8-10)14(16)20)17-5-3-9(4-6-17)7-13(18)19/h1-2,8-9H,3-7H2,(H2,16,20)(H,18,19). The van der Waals surface area contributed by atoms with Crippen molar-refractivity contribution in [2.45, 2.75) is 19.3 Å². The quantitative estimate of drug-likeness (QED) is 0.877. The lowest BCUT2D eigenvalue weighted by Crippen LogP contribution is -2.35. The predicted molar refractivity (Wildman–Crippen MR) is 72.1 cm³/mol. The van der Waals surface area contributed by atoms with Crippen LogP contribution in [0, 0.1) is 11.7 Å². The molecule has 0 bridgehead atoms. The fourth-order valence-corrected chi connectivity index (χ4v) is 2.61. The second-order valence-electron chi connectivity index (χ2n) is 5.05. The molecule has 0 atom stereocenters. The molecule has 1 fully saturated rings. The van der Waals surface area contributed by atoms with E-state index < -0.39 is 17.7 Å². The number of benzene rings is 1. The predicted octanol–water partition coefficient (Wildman–Crippen LogP) is 1.62. The summed E-state index contributed by atoms with van der Waals surface area (Å²) in [5.74, 6) is -1.79. The first-order chi connectivity index (χ1) is 9.47. The molecule has 0 unspecified atom stereocenters. The van der Waals surface area contributed by atoms with E-state index in [-0.39, 0.29) is 17.9 Å². The van der Waals surface area contributed by atoms with E-state index in [1.165, 1.54) is 6.07 Å². The van der Waals surface area contributed by atoms with Crippen molar-refractivity contribution in [3.8, 4) is 0 Å². The third-order valence-corrected chi connectivity index (χ3v) is 3.64. The van der Waals surface area contributed by atoms with Gasteiger partial charge in [-0.1, -0.05) is 0 Å². The number of aliphatic carboxylic acids is 1. The highest BCUT2D eigenvalue weighted by Crippen LogP contribution is 2.28. The molecule has 20 heavy (non-hydrogen) atoms. The number of carboxylic acids is 1. The molecule has 0 spiro atoms. The number of carboxylic acid groups (broad SMARTS) is 1. The van der Waals surface area contributed by atoms with Crippen LogP contribution in [0.2, 0.25) is 0 Å². The molecule has 5 nitrogen and oxygen atoms in total. The third-order valence-electron chi connectivity index (χ3n) is 3.64. The van der Waals surface area contributed by atoms with Crippen molar-refractivity contribution in [2.24, 2.45) is 11.7 Å². The highest BCUT2D eigenvalue weighted by Gasteiger charge is 2.23. The Kier molecular flexibility index (Phi) is 4.22. The molecule has 108 valence electrons. The number of piperidine rings is 1. The Balaban J connectivity index is 2.11. The Labute approximate surface area is 116 Å². The maximum Gasteiger partial charge on any atom is 0.303 e. The largest absolute Gasteiger partial charge is 0.481 e. The number of hydrogen-bond acceptors (Lipinski definition) is 3. The second-order valence-corrected chi connectivity index (χ2v) is 5.05. The number of hydrogen-bond donors (Lipinski definition) is 2. The summed E-state index contributed by atoms with van der Waals surface area (Å²) in [4.78, 5) is 24.0. The Bertz CT molecular complexity index is 525. The van der Waals surface area contributed by atoms with Gasteiger partial charge in [0.05, 0.1) is 5.56 Å². The zero-order chi connectivity index (χ0) is 14.7. The number of rotatable bonds is 4. The van der Waals surface area contributed by atoms with Gasteiger partial charge in [-0.2, -0.15) is 0 Å². The topological polar surface area (TPSA) is 83.6 Å². The Morgan fingerprint density at radius 1 is 1.35 bits per heavy atom. The molecule has 0 radical (unpaired) electrons. The van der Waals surface area contributed by atoms with Gasteiger partial charge in [0.2, 0.25) is 0 Å². The summed E-state index contributed by atoms with van der Waals surface area (Å²) in [5.41, 5.74) is 6.06. The minimum absolute atomic E-state index is 0.154. The Morgan fingerprint density at radius 3 is 2.55 bits per heavy atom. The summed E-state index contributed by atoms with van der Waals surface area (Å²) in [7, 11) is 0. The molecule has 1 saturated heterocycles. The maximum atomic E-state index is 13.2. The molecule has 1 aromatic rings. The van der Waals surface area contributed by atoms with Gasteiger partial charge in [0.15, 0.2) is 0 Å². The lowest BCUT2D eigenvalue weighted by molar-refractivity contribution is -0.138. The molecule has 1 heterocycles. The van der Waals surface area contributed by atoms with Crippen molar-refractivity contribution in [3.63, 3.8) is 0 Å². The molecule has 3 N–H and O–H groups in total. The zero-order valence-corrected chi connectivity index (χ0v) is 11.0. The number of anilines is 1. The SMILES string of the molecule is NC(=O)c1cc(F)ccc1N1CCC(CC(=O)O)CC1. The molecule has 1 aliphatic rings. The van der Waals surface area contributed by atoms with Crippen LogP contribution >= 0.6 is 0 Å². The number of nitrogens with two attached hydrogens (primary N) is 1. The molecule has 1 amide bonds. The first-order valence-corrected chi connectivity index (χ1v) is 6.53. The van der Waals surface area contributed by atoms with Crippen LogP contribution in [0.5, 0.6) is 0 Å². The van der Waals surface area contributed by atoms with Gasteiger partial charge in [-0.25, -0.2) is 4.39 Å². The van der Waals surface area contributed by atoms with Crippen LogP contribution < -0.4 is 10.6 Å². The van der Waals surface area contributed by atoms with E-state index >= 15 is 0 Å². The summed E-state index contributed by atoms with van der Waals surface area (Å²) in [6.45, 7) is 1.29. The molecular formula is C14H17FN2O3. The number of amides is 1. The number of carbonyl (C=O) groups excluding carboxylic acids is 1. The monoisotopic (exact) mass is 280 g/mol. The lowest BCUT2D eigenvalue weighted by atomic mass is 9.93. The van der Waals surface area contributed by atoms with Gasteiger partial charge in [0.25, 0.3) is 5.91 Å². The molecule has 1 aromatic carbocycles. The van der Waals surface area contributed by atoms with Crippen LogP contribution in [0.15, 0.2) is 18.2 Å². The van der Waals surface area contributed by atoms with Crippen molar-refractivity contribution in [1.29, 1.82) is 0 Å². The fourth-order valence-electron chi connectivity index (χ4n) is 2.61. The van der Waals surface area contributed by atoms with E-state index in [2.05, 4.69) is 0 Å². The molecule has 2 rings (SSSR count). The number of halogens is 1. The van der Waals surface area contributed by atoms with E-state index in [0.29, 0.717) is 18.8 Å². The smallest absolute Gasteiger partial charge is 0.303 e. The van der Waals surface area contributed by atoms with Crippen molar-refractivity contribution in [3.05, 3.63) is 29.6 Å². The van der Waals surface area contributed by atoms with Crippen molar-refractivity contribution in [2.75, 3.05) is 18.0 Å². The van der Waals surface area contributed by atoms with E-state index in [1.807, 2.05) is 4.90 Å². The second kappa shape index (κ2) is 5.90. The maximum absolute atomic E-state index is 13.2. The summed E-state index contributed by atoms with van der Waals surface area (Å²) >= 11 is 0. The summed E-state index contributed by atoms with van der Waals surface area (Å²) < 4.78 is 13.2. The number of nitrogens with zero attached hydrogens (tertiary/aromatic N) is 1. The van der Waals surface area contributed by atoms with Crippen molar-refractivity contribution < 1.29 is 19.1 Å². The summed E-state index contributed by atoms with van der Waals surface area (Å²) in [5, 5.41) is 8.78. The van der Waals surface area contributed by atoms with Crippen LogP contribution in [-0.4, -0.2) is 30.1 Å². The van der Waals surface area contributed by atoms with Gasteiger partial charge in [-0.05, 0) is 37.0 Å². The third kappa shape index (κ3) is 3.26. The zero-order valence-electron chi connectivity index (χ0n) is 11.0. The highest BCUT2D eigenvalue weighted by molar-refractivity contribution is 5.98. The molecule has 1 aliphatic heterocycles. The minimum Gasteiger partial charge on any atom is -0.481 e. The van der Waals surface area contributed by atoms with Crippen LogP contribution in [0.3, 0.4) is 0 Å². The van der Waals surface area contributed by atoms with Gasteiger partial charge >= 0.3 is 5.97 Å². The molecule has 0 saturated carbocycles. The highest BCUT2D eigenvalue weighted by atomic mass is 19.1. The fraction of sp³-hybridized carbons (Fsp3) is 0.429. The Morgan fingerprint density at radius 2 is 2.00 bits per heavy atom. The number of carbonyl (C=O) groups is 2. The molecule has 6 heteroatoms. The van der Waals surface area contributed by atoms with Crippen LogP contribution in [-0.2, 0) is 4.79 Å². The van der Waals surface area contributed by atoms with E-state index in [4.69, 9.17) is 10.8 Å². The van der Waals surface area contributed by atoms with Gasteiger partial charge in [0.1, 0.15) is 5.82 Å². The average molecular weight is 280 g/mol. The molecule has 0 aromatic heterocycles. The van der Waals surface area contributed by atoms with Gasteiger partial charge in [-0.3, -0.25) is 9.59 Å². The van der Waals surface area contributed by atoms with Gasteiger partial charge in [-0.15, -0.1) is 0 Å². The lowest BCUT2D eigenvalue weighted by Gasteiger charge is -2.34. The number of primary amides is 1. The van der Waals surface area contributed by atoms with Crippen LogP contribution in [0.1, 0.15) is 29.6 Å². The van der Waals surface area contributed by atoms with Crippen molar-refractivity contribution >= 4 is 17.6 Å². The summed E-state index contributed by atoms with van der Waals surface area (Å²) in [6, 6.07) is 3.99. The molecular weight excluding hydrogens is 263 g/mol. The average Bonchev–Trinajstić information content (AvgIpc) is 2.39. The summed E-state index contributed by atoms with van der Waals surface area (Å²) in [6.07, 6.45) is 1.64. The molecule has 0 aliphatic carbocycles. The first kappa shape index (κ1) is 14.3. The normalized spacial score (nSPS) is 16.1. The minimum atomic E-state index is -0.789. The van der Waals surface area contributed by atoms with Gasteiger partial charge in [0, 0.05) is 25.2 Å².